The summed E-state index contributed by atoms with van der Waals surface area (Å²) in [6.07, 6.45) is 0.232. The molecule has 2 heterocycles. The molecule has 1 N–H and O–H groups in total. The summed E-state index contributed by atoms with van der Waals surface area (Å²) in [7, 11) is 0. The Hall–Kier alpha value is -2.67. The number of Topliss-reactive ketones (excluding diaryl/α,β-unsaturated/α-hetero) is 1. The standard InChI is InChI=1S/C21H17BrFNO4/c1-10-17-15(6-7-16-18(17)14(25)9-21(2,3)28-16)27-19(10)20(26)24-13-5-4-11(22)8-12(13)23/h4-8H,9H2,1-3H3,(H,24,26). The van der Waals surface area contributed by atoms with E-state index in [-0.39, 0.29) is 23.7 Å². The van der Waals surface area contributed by atoms with Crippen LogP contribution in [0.25, 0.3) is 11.0 Å². The number of ether oxygens (including phenoxy) is 1. The largest absolute Gasteiger partial charge is 0.487 e. The molecular weight excluding hydrogens is 429 g/mol. The number of nitrogens with one attached hydrogen (secondary N) is 1. The van der Waals surface area contributed by atoms with Crippen LogP contribution in [0.3, 0.4) is 0 Å². The molecule has 144 valence electrons. The van der Waals surface area contributed by atoms with Gasteiger partial charge in [-0.25, -0.2) is 4.39 Å². The Kier molecular flexibility index (Phi) is 4.30. The molecule has 0 fully saturated rings. The SMILES string of the molecule is Cc1c(C(=O)Nc2ccc(Br)cc2F)oc2ccc3c(c12)C(=O)CC(C)(C)O3. The molecule has 7 heteroatoms. The number of benzene rings is 2. The summed E-state index contributed by atoms with van der Waals surface area (Å²) in [6.45, 7) is 5.41. The lowest BCUT2D eigenvalue weighted by molar-refractivity contribution is 0.0623. The highest BCUT2D eigenvalue weighted by Gasteiger charge is 2.35. The third kappa shape index (κ3) is 3.09. The quantitative estimate of drug-likeness (QED) is 0.554. The molecule has 0 aliphatic carbocycles. The first-order valence-corrected chi connectivity index (χ1v) is 9.50. The molecule has 0 saturated carbocycles. The van der Waals surface area contributed by atoms with Gasteiger partial charge in [-0.1, -0.05) is 15.9 Å². The van der Waals surface area contributed by atoms with Crippen LogP contribution in [0.4, 0.5) is 10.1 Å². The second-order valence-electron chi connectivity index (χ2n) is 7.41. The number of ketones is 1. The first kappa shape index (κ1) is 18.7. The first-order valence-electron chi connectivity index (χ1n) is 8.71. The first-order chi connectivity index (χ1) is 13.2. The highest BCUT2D eigenvalue weighted by molar-refractivity contribution is 9.10. The van der Waals surface area contributed by atoms with Gasteiger partial charge in [-0.05, 0) is 51.1 Å². The van der Waals surface area contributed by atoms with Gasteiger partial charge >= 0.3 is 0 Å². The van der Waals surface area contributed by atoms with Gasteiger partial charge in [0.25, 0.3) is 5.91 Å². The van der Waals surface area contributed by atoms with E-state index in [0.29, 0.717) is 32.3 Å². The van der Waals surface area contributed by atoms with Gasteiger partial charge < -0.3 is 14.5 Å². The minimum atomic E-state index is -0.590. The molecule has 0 radical (unpaired) electrons. The molecule has 3 aromatic rings. The van der Waals surface area contributed by atoms with E-state index in [4.69, 9.17) is 9.15 Å². The molecule has 2 aromatic carbocycles. The van der Waals surface area contributed by atoms with Crippen LogP contribution < -0.4 is 10.1 Å². The van der Waals surface area contributed by atoms with Crippen LogP contribution in [0.15, 0.2) is 39.2 Å². The van der Waals surface area contributed by atoms with E-state index >= 15 is 0 Å². The molecule has 4 rings (SSSR count). The Balaban J connectivity index is 1.77. The fourth-order valence-corrected chi connectivity index (χ4v) is 3.81. The van der Waals surface area contributed by atoms with E-state index < -0.39 is 17.3 Å². The highest BCUT2D eigenvalue weighted by Crippen LogP contribution is 2.40. The number of amides is 1. The number of fused-ring (bicyclic) bond motifs is 3. The number of furan rings is 1. The Morgan fingerprint density at radius 3 is 2.71 bits per heavy atom. The summed E-state index contributed by atoms with van der Waals surface area (Å²) < 4.78 is 26.2. The van der Waals surface area contributed by atoms with E-state index in [1.165, 1.54) is 12.1 Å². The molecule has 0 unspecified atom stereocenters. The number of anilines is 1. The summed E-state index contributed by atoms with van der Waals surface area (Å²) >= 11 is 3.18. The maximum absolute atomic E-state index is 14.0. The van der Waals surface area contributed by atoms with Crippen molar-refractivity contribution in [3.63, 3.8) is 0 Å². The van der Waals surface area contributed by atoms with E-state index in [1.807, 2.05) is 13.8 Å². The Labute approximate surface area is 169 Å². The topological polar surface area (TPSA) is 68.5 Å². The molecule has 0 spiro atoms. The molecule has 5 nitrogen and oxygen atoms in total. The van der Waals surface area contributed by atoms with E-state index in [2.05, 4.69) is 21.2 Å². The van der Waals surface area contributed by atoms with Gasteiger partial charge in [0.15, 0.2) is 11.5 Å². The zero-order chi connectivity index (χ0) is 20.2. The smallest absolute Gasteiger partial charge is 0.291 e. The predicted octanol–water partition coefficient (Wildman–Crippen LogP) is 5.64. The second kappa shape index (κ2) is 6.44. The Morgan fingerprint density at radius 1 is 1.25 bits per heavy atom. The summed E-state index contributed by atoms with van der Waals surface area (Å²) in [5.41, 5.74) is 0.797. The maximum Gasteiger partial charge on any atom is 0.291 e. The van der Waals surface area contributed by atoms with Crippen molar-refractivity contribution in [1.82, 2.24) is 0 Å². The van der Waals surface area contributed by atoms with Crippen molar-refractivity contribution in [2.75, 3.05) is 5.32 Å². The molecule has 28 heavy (non-hydrogen) atoms. The summed E-state index contributed by atoms with van der Waals surface area (Å²) in [5, 5.41) is 3.07. The minimum absolute atomic E-state index is 0.0309. The summed E-state index contributed by atoms with van der Waals surface area (Å²) in [6, 6.07) is 7.69. The second-order valence-corrected chi connectivity index (χ2v) is 8.32. The molecular formula is C21H17BrFNO4. The van der Waals surface area contributed by atoms with Gasteiger partial charge in [0.1, 0.15) is 22.8 Å². The van der Waals surface area contributed by atoms with Crippen LogP contribution in [0.1, 0.15) is 46.7 Å². The van der Waals surface area contributed by atoms with E-state index in [9.17, 15) is 14.0 Å². The number of hydrogen-bond acceptors (Lipinski definition) is 4. The van der Waals surface area contributed by atoms with Gasteiger partial charge in [0.05, 0.1) is 17.7 Å². The molecule has 1 aliphatic rings. The van der Waals surface area contributed by atoms with Crippen molar-refractivity contribution >= 4 is 44.3 Å². The van der Waals surface area contributed by atoms with Crippen molar-refractivity contribution in [2.24, 2.45) is 0 Å². The molecule has 1 aromatic heterocycles. The fourth-order valence-electron chi connectivity index (χ4n) is 3.48. The number of carbonyl (C=O) groups excluding carboxylic acids is 2. The molecule has 0 bridgehead atoms. The third-order valence-electron chi connectivity index (χ3n) is 4.69. The van der Waals surface area contributed by atoms with Crippen molar-refractivity contribution in [3.8, 4) is 5.75 Å². The van der Waals surface area contributed by atoms with Crippen molar-refractivity contribution < 1.29 is 23.1 Å². The average molecular weight is 446 g/mol. The minimum Gasteiger partial charge on any atom is -0.487 e. The van der Waals surface area contributed by atoms with Crippen LogP contribution in [0, 0.1) is 12.7 Å². The molecule has 0 saturated heterocycles. The molecule has 1 amide bonds. The monoisotopic (exact) mass is 445 g/mol. The zero-order valence-corrected chi connectivity index (χ0v) is 17.1. The highest BCUT2D eigenvalue weighted by atomic mass is 79.9. The van der Waals surface area contributed by atoms with Gasteiger partial charge in [0, 0.05) is 15.4 Å². The number of halogens is 2. The number of carbonyl (C=O) groups is 2. The van der Waals surface area contributed by atoms with Crippen LogP contribution in [0.2, 0.25) is 0 Å². The third-order valence-corrected chi connectivity index (χ3v) is 5.19. The molecule has 0 atom stereocenters. The van der Waals surface area contributed by atoms with Gasteiger partial charge in [-0.3, -0.25) is 9.59 Å². The lowest BCUT2D eigenvalue weighted by Crippen LogP contribution is -2.35. The maximum atomic E-state index is 14.0. The lowest BCUT2D eigenvalue weighted by atomic mass is 9.90. The van der Waals surface area contributed by atoms with E-state index in [0.717, 1.165) is 0 Å². The predicted molar refractivity (Wildman–Crippen MR) is 107 cm³/mol. The van der Waals surface area contributed by atoms with Crippen LogP contribution in [0.5, 0.6) is 5.75 Å². The van der Waals surface area contributed by atoms with Crippen LogP contribution >= 0.6 is 15.9 Å². The molecule has 1 aliphatic heterocycles. The zero-order valence-electron chi connectivity index (χ0n) is 15.5. The summed E-state index contributed by atoms with van der Waals surface area (Å²) in [5.74, 6) is -0.716. The van der Waals surface area contributed by atoms with Crippen molar-refractivity contribution in [2.45, 2.75) is 32.8 Å². The van der Waals surface area contributed by atoms with Gasteiger partial charge in [0.2, 0.25) is 0 Å². The normalized spacial score (nSPS) is 15.2. The van der Waals surface area contributed by atoms with Crippen molar-refractivity contribution in [1.29, 1.82) is 0 Å². The summed E-state index contributed by atoms with van der Waals surface area (Å²) in [4.78, 5) is 25.4. The van der Waals surface area contributed by atoms with Gasteiger partial charge in [-0.15, -0.1) is 0 Å². The lowest BCUT2D eigenvalue weighted by Gasteiger charge is -2.31. The van der Waals surface area contributed by atoms with Crippen LogP contribution in [-0.4, -0.2) is 17.3 Å². The Bertz CT molecular complexity index is 1150. The van der Waals surface area contributed by atoms with E-state index in [1.54, 1.807) is 25.1 Å². The Morgan fingerprint density at radius 2 is 2.00 bits per heavy atom. The number of rotatable bonds is 2. The number of aryl methyl sites for hydroxylation is 1. The van der Waals surface area contributed by atoms with Crippen LogP contribution in [-0.2, 0) is 0 Å². The van der Waals surface area contributed by atoms with Gasteiger partial charge in [-0.2, -0.15) is 0 Å². The number of hydrogen-bond donors (Lipinski definition) is 1. The average Bonchev–Trinajstić information content (AvgIpc) is 2.93. The van der Waals surface area contributed by atoms with Crippen molar-refractivity contribution in [3.05, 3.63) is 57.5 Å². The fraction of sp³-hybridized carbons (Fsp3) is 0.238.